The number of carbonyl (C=O) groups excluding carboxylic acids is 1. The van der Waals surface area contributed by atoms with Crippen molar-refractivity contribution in [3.63, 3.8) is 0 Å². The Morgan fingerprint density at radius 3 is 2.75 bits per heavy atom. The van der Waals surface area contributed by atoms with Gasteiger partial charge in [0, 0.05) is 6.54 Å². The van der Waals surface area contributed by atoms with Crippen LogP contribution in [0.1, 0.15) is 19.3 Å². The van der Waals surface area contributed by atoms with Crippen molar-refractivity contribution >= 4 is 15.7 Å². The summed E-state index contributed by atoms with van der Waals surface area (Å²) in [4.78, 5) is 11.6. The second kappa shape index (κ2) is 4.71. The SMILES string of the molecule is O=C(NCC1CCS(=O)(=O)C1)[C@@H]1CCCN1. The summed E-state index contributed by atoms with van der Waals surface area (Å²) in [6, 6.07) is -0.0713. The standard InChI is InChI=1S/C10H18N2O3S/c13-10(9-2-1-4-11-9)12-6-8-3-5-16(14,15)7-8/h8-9,11H,1-7H2,(H,12,13)/t8?,9-/m0/s1. The zero-order valence-corrected chi connectivity index (χ0v) is 10.1. The molecule has 0 aliphatic carbocycles. The predicted octanol–water partition coefficient (Wildman–Crippen LogP) is -0.711. The van der Waals surface area contributed by atoms with E-state index in [4.69, 9.17) is 0 Å². The molecule has 2 aliphatic rings. The van der Waals surface area contributed by atoms with Gasteiger partial charge in [0.2, 0.25) is 5.91 Å². The average molecular weight is 246 g/mol. The Morgan fingerprint density at radius 2 is 2.19 bits per heavy atom. The van der Waals surface area contributed by atoms with E-state index in [9.17, 15) is 13.2 Å². The number of carbonyl (C=O) groups is 1. The second-order valence-corrected chi connectivity index (χ2v) is 6.89. The molecule has 6 heteroatoms. The third-order valence-electron chi connectivity index (χ3n) is 3.27. The first-order valence-corrected chi connectivity index (χ1v) is 7.60. The van der Waals surface area contributed by atoms with Crippen molar-refractivity contribution in [2.75, 3.05) is 24.6 Å². The van der Waals surface area contributed by atoms with Gasteiger partial charge in [0.25, 0.3) is 0 Å². The quantitative estimate of drug-likeness (QED) is 0.690. The Bertz CT molecular complexity index is 360. The molecule has 0 aromatic heterocycles. The highest BCUT2D eigenvalue weighted by Gasteiger charge is 2.29. The summed E-state index contributed by atoms with van der Waals surface area (Å²) < 4.78 is 22.4. The lowest BCUT2D eigenvalue weighted by Crippen LogP contribution is -2.42. The molecule has 0 spiro atoms. The molecular weight excluding hydrogens is 228 g/mol. The van der Waals surface area contributed by atoms with Crippen molar-refractivity contribution in [1.29, 1.82) is 0 Å². The first kappa shape index (κ1) is 11.9. The summed E-state index contributed by atoms with van der Waals surface area (Å²) in [7, 11) is -2.83. The molecule has 2 saturated heterocycles. The topological polar surface area (TPSA) is 75.3 Å². The maximum absolute atomic E-state index is 11.6. The highest BCUT2D eigenvalue weighted by Crippen LogP contribution is 2.17. The van der Waals surface area contributed by atoms with E-state index in [1.54, 1.807) is 0 Å². The first-order chi connectivity index (χ1) is 7.57. The second-order valence-electron chi connectivity index (χ2n) is 4.66. The van der Waals surface area contributed by atoms with E-state index in [1.807, 2.05) is 0 Å². The van der Waals surface area contributed by atoms with E-state index >= 15 is 0 Å². The Kier molecular flexibility index (Phi) is 3.49. The average Bonchev–Trinajstić information content (AvgIpc) is 2.83. The molecule has 2 fully saturated rings. The summed E-state index contributed by atoms with van der Waals surface area (Å²) in [5.74, 6) is 0.623. The number of rotatable bonds is 3. The smallest absolute Gasteiger partial charge is 0.237 e. The molecule has 0 bridgehead atoms. The molecule has 1 unspecified atom stereocenters. The van der Waals surface area contributed by atoms with Gasteiger partial charge in [-0.05, 0) is 31.7 Å². The molecule has 2 heterocycles. The molecule has 2 rings (SSSR count). The van der Waals surface area contributed by atoms with E-state index < -0.39 is 9.84 Å². The van der Waals surface area contributed by atoms with Gasteiger partial charge in [-0.25, -0.2) is 8.42 Å². The molecule has 16 heavy (non-hydrogen) atoms. The Hall–Kier alpha value is -0.620. The van der Waals surface area contributed by atoms with Crippen molar-refractivity contribution in [3.05, 3.63) is 0 Å². The Labute approximate surface area is 95.9 Å². The van der Waals surface area contributed by atoms with Crippen LogP contribution in [0.4, 0.5) is 0 Å². The molecule has 5 nitrogen and oxygen atoms in total. The van der Waals surface area contributed by atoms with Gasteiger partial charge < -0.3 is 10.6 Å². The van der Waals surface area contributed by atoms with Gasteiger partial charge in [-0.15, -0.1) is 0 Å². The highest BCUT2D eigenvalue weighted by atomic mass is 32.2. The van der Waals surface area contributed by atoms with Crippen LogP contribution in [0.25, 0.3) is 0 Å². The number of nitrogens with one attached hydrogen (secondary N) is 2. The minimum Gasteiger partial charge on any atom is -0.354 e. The van der Waals surface area contributed by atoms with Crippen molar-refractivity contribution < 1.29 is 13.2 Å². The predicted molar refractivity (Wildman–Crippen MR) is 60.8 cm³/mol. The number of amides is 1. The van der Waals surface area contributed by atoms with Crippen LogP contribution < -0.4 is 10.6 Å². The van der Waals surface area contributed by atoms with Crippen LogP contribution >= 0.6 is 0 Å². The van der Waals surface area contributed by atoms with Crippen LogP contribution in [0, 0.1) is 5.92 Å². The monoisotopic (exact) mass is 246 g/mol. The highest BCUT2D eigenvalue weighted by molar-refractivity contribution is 7.91. The molecular formula is C10H18N2O3S. The van der Waals surface area contributed by atoms with Gasteiger partial charge >= 0.3 is 0 Å². The largest absolute Gasteiger partial charge is 0.354 e. The van der Waals surface area contributed by atoms with Crippen LogP contribution in [-0.2, 0) is 14.6 Å². The molecule has 1 amide bonds. The van der Waals surface area contributed by atoms with Crippen molar-refractivity contribution in [1.82, 2.24) is 10.6 Å². The lowest BCUT2D eigenvalue weighted by atomic mass is 10.1. The van der Waals surface area contributed by atoms with Gasteiger partial charge in [0.1, 0.15) is 0 Å². The Balaban J connectivity index is 1.73. The lowest BCUT2D eigenvalue weighted by Gasteiger charge is -2.13. The van der Waals surface area contributed by atoms with Gasteiger partial charge in [0.15, 0.2) is 9.84 Å². The summed E-state index contributed by atoms with van der Waals surface area (Å²) in [6.07, 6.45) is 2.60. The number of hydrogen-bond acceptors (Lipinski definition) is 4. The molecule has 0 saturated carbocycles. The molecule has 0 radical (unpaired) electrons. The summed E-state index contributed by atoms with van der Waals surface area (Å²) in [5, 5.41) is 5.96. The summed E-state index contributed by atoms with van der Waals surface area (Å²) >= 11 is 0. The molecule has 0 aromatic carbocycles. The maximum atomic E-state index is 11.6. The molecule has 2 N–H and O–H groups in total. The zero-order valence-electron chi connectivity index (χ0n) is 9.24. The zero-order chi connectivity index (χ0) is 11.6. The fourth-order valence-electron chi connectivity index (χ4n) is 2.31. The van der Waals surface area contributed by atoms with Crippen LogP contribution in [-0.4, -0.2) is 45.0 Å². The van der Waals surface area contributed by atoms with Crippen molar-refractivity contribution in [3.8, 4) is 0 Å². The fraction of sp³-hybridized carbons (Fsp3) is 0.900. The normalized spacial score (nSPS) is 32.8. The van der Waals surface area contributed by atoms with E-state index in [0.717, 1.165) is 19.4 Å². The van der Waals surface area contributed by atoms with Crippen LogP contribution in [0.15, 0.2) is 0 Å². The van der Waals surface area contributed by atoms with Gasteiger partial charge in [-0.1, -0.05) is 0 Å². The molecule has 2 atom stereocenters. The summed E-state index contributed by atoms with van der Waals surface area (Å²) in [6.45, 7) is 1.39. The van der Waals surface area contributed by atoms with Gasteiger partial charge in [-0.3, -0.25) is 4.79 Å². The Morgan fingerprint density at radius 1 is 1.38 bits per heavy atom. The van der Waals surface area contributed by atoms with Crippen LogP contribution in [0.5, 0.6) is 0 Å². The van der Waals surface area contributed by atoms with Gasteiger partial charge in [0.05, 0.1) is 17.5 Å². The minimum absolute atomic E-state index is 0.0156. The number of sulfone groups is 1. The fourth-order valence-corrected chi connectivity index (χ4v) is 4.17. The van der Waals surface area contributed by atoms with E-state index in [1.165, 1.54) is 0 Å². The summed E-state index contributed by atoms with van der Waals surface area (Å²) in [5.41, 5.74) is 0. The molecule has 2 aliphatic heterocycles. The molecule has 0 aromatic rings. The van der Waals surface area contributed by atoms with Crippen LogP contribution in [0.2, 0.25) is 0 Å². The third kappa shape index (κ3) is 2.95. The molecule has 92 valence electrons. The lowest BCUT2D eigenvalue weighted by molar-refractivity contribution is -0.122. The first-order valence-electron chi connectivity index (χ1n) is 5.78. The van der Waals surface area contributed by atoms with E-state index in [2.05, 4.69) is 10.6 Å². The third-order valence-corrected chi connectivity index (χ3v) is 5.11. The van der Waals surface area contributed by atoms with Crippen LogP contribution in [0.3, 0.4) is 0 Å². The van der Waals surface area contributed by atoms with Crippen molar-refractivity contribution in [2.45, 2.75) is 25.3 Å². The maximum Gasteiger partial charge on any atom is 0.237 e. The van der Waals surface area contributed by atoms with E-state index in [0.29, 0.717) is 13.0 Å². The van der Waals surface area contributed by atoms with Crippen molar-refractivity contribution in [2.24, 2.45) is 5.92 Å². The minimum atomic E-state index is -2.83. The van der Waals surface area contributed by atoms with E-state index in [-0.39, 0.29) is 29.4 Å². The number of hydrogen-bond donors (Lipinski definition) is 2. The van der Waals surface area contributed by atoms with Gasteiger partial charge in [-0.2, -0.15) is 0 Å².